The van der Waals surface area contributed by atoms with Crippen molar-refractivity contribution in [3.8, 4) is 0 Å². The lowest BCUT2D eigenvalue weighted by atomic mass is 10.2. The second-order valence-electron chi connectivity index (χ2n) is 4.50. The summed E-state index contributed by atoms with van der Waals surface area (Å²) in [5, 5.41) is 3.13. The third kappa shape index (κ3) is 3.68. The smallest absolute Gasteiger partial charge is 0.254 e. The average Bonchev–Trinajstić information content (AvgIpc) is 2.88. The maximum atomic E-state index is 11.8. The van der Waals surface area contributed by atoms with Gasteiger partial charge < -0.3 is 10.2 Å². The van der Waals surface area contributed by atoms with E-state index in [1.807, 2.05) is 0 Å². The van der Waals surface area contributed by atoms with Gasteiger partial charge in [-0.2, -0.15) is 0 Å². The quantitative estimate of drug-likeness (QED) is 0.655. The number of likely N-dealkylation sites (tertiary alicyclic amines) is 1. The monoisotopic (exact) mass is 267 g/mol. The van der Waals surface area contributed by atoms with Crippen LogP contribution in [0.5, 0.6) is 0 Å². The number of nitrogens with zero attached hydrogens (tertiary/aromatic N) is 2. The molecule has 2 heterocycles. The van der Waals surface area contributed by atoms with Crippen LogP contribution in [0.4, 0.5) is 0 Å². The van der Waals surface area contributed by atoms with Gasteiger partial charge in [0.1, 0.15) is 5.15 Å². The van der Waals surface area contributed by atoms with Gasteiger partial charge in [-0.25, -0.2) is 4.98 Å². The Hall–Kier alpha value is -1.13. The summed E-state index contributed by atoms with van der Waals surface area (Å²) in [6.45, 7) is 4.13. The highest BCUT2D eigenvalue weighted by molar-refractivity contribution is 6.32. The molecule has 98 valence electrons. The summed E-state index contributed by atoms with van der Waals surface area (Å²) in [7, 11) is 0. The molecule has 0 bridgehead atoms. The molecule has 1 aliphatic rings. The summed E-state index contributed by atoms with van der Waals surface area (Å²) in [6.07, 6.45) is 5.16. The van der Waals surface area contributed by atoms with E-state index >= 15 is 0 Å². The number of carbonyl (C=O) groups is 1. The zero-order chi connectivity index (χ0) is 12.8. The number of hydrogen-bond acceptors (Lipinski definition) is 3. The molecule has 0 radical (unpaired) electrons. The lowest BCUT2D eigenvalue weighted by molar-refractivity contribution is 0.0952. The molecule has 1 aromatic rings. The van der Waals surface area contributed by atoms with Crippen molar-refractivity contribution in [3.63, 3.8) is 0 Å². The Balaban J connectivity index is 1.70. The van der Waals surface area contributed by atoms with Crippen LogP contribution in [0, 0.1) is 0 Å². The van der Waals surface area contributed by atoms with Crippen molar-refractivity contribution in [2.75, 3.05) is 26.2 Å². The van der Waals surface area contributed by atoms with Crippen molar-refractivity contribution in [2.24, 2.45) is 0 Å². The van der Waals surface area contributed by atoms with Crippen molar-refractivity contribution in [1.82, 2.24) is 15.2 Å². The van der Waals surface area contributed by atoms with Crippen molar-refractivity contribution in [2.45, 2.75) is 19.3 Å². The van der Waals surface area contributed by atoms with E-state index in [4.69, 9.17) is 11.6 Å². The van der Waals surface area contributed by atoms with Gasteiger partial charge in [0.05, 0.1) is 5.56 Å². The number of carbonyl (C=O) groups excluding carboxylic acids is 1. The Morgan fingerprint density at radius 3 is 2.94 bits per heavy atom. The lowest BCUT2D eigenvalue weighted by Gasteiger charge is -2.14. The molecular formula is C13H18ClN3O. The van der Waals surface area contributed by atoms with Crippen molar-refractivity contribution in [1.29, 1.82) is 0 Å². The standard InChI is InChI=1S/C13H18ClN3O/c14-12-11(5-3-6-15-12)13(18)16-7-4-10-17-8-1-2-9-17/h3,5-6H,1-2,4,7-10H2,(H,16,18). The second-order valence-corrected chi connectivity index (χ2v) is 4.86. The van der Waals surface area contributed by atoms with Gasteiger partial charge >= 0.3 is 0 Å². The van der Waals surface area contributed by atoms with Crippen LogP contribution in [-0.2, 0) is 0 Å². The summed E-state index contributed by atoms with van der Waals surface area (Å²) in [4.78, 5) is 18.1. The van der Waals surface area contributed by atoms with Crippen LogP contribution >= 0.6 is 11.6 Å². The number of nitrogens with one attached hydrogen (secondary N) is 1. The summed E-state index contributed by atoms with van der Waals surface area (Å²) in [5.74, 6) is -0.144. The molecule has 2 rings (SSSR count). The van der Waals surface area contributed by atoms with Crippen molar-refractivity contribution < 1.29 is 4.79 Å². The van der Waals surface area contributed by atoms with Gasteiger partial charge in [-0.05, 0) is 51.0 Å². The Morgan fingerprint density at radius 1 is 1.44 bits per heavy atom. The SMILES string of the molecule is O=C(NCCCN1CCCC1)c1cccnc1Cl. The molecule has 4 nitrogen and oxygen atoms in total. The number of hydrogen-bond donors (Lipinski definition) is 1. The summed E-state index contributed by atoms with van der Waals surface area (Å²) in [5.41, 5.74) is 0.445. The molecule has 1 fully saturated rings. The summed E-state index contributed by atoms with van der Waals surface area (Å²) < 4.78 is 0. The van der Waals surface area contributed by atoms with E-state index in [0.717, 1.165) is 13.0 Å². The maximum Gasteiger partial charge on any atom is 0.254 e. The van der Waals surface area contributed by atoms with Crippen LogP contribution in [0.15, 0.2) is 18.3 Å². The van der Waals surface area contributed by atoms with Crippen LogP contribution in [0.3, 0.4) is 0 Å². The Morgan fingerprint density at radius 2 is 2.22 bits per heavy atom. The number of halogens is 1. The zero-order valence-corrected chi connectivity index (χ0v) is 11.1. The van der Waals surface area contributed by atoms with E-state index in [0.29, 0.717) is 12.1 Å². The summed E-state index contributed by atoms with van der Waals surface area (Å²) >= 11 is 5.86. The normalized spacial score (nSPS) is 15.8. The second kappa shape index (κ2) is 6.71. The van der Waals surface area contributed by atoms with Crippen molar-refractivity contribution >= 4 is 17.5 Å². The van der Waals surface area contributed by atoms with Crippen LogP contribution in [-0.4, -0.2) is 42.0 Å². The zero-order valence-electron chi connectivity index (χ0n) is 10.4. The average molecular weight is 268 g/mol. The van der Waals surface area contributed by atoms with Gasteiger partial charge in [0, 0.05) is 12.7 Å². The molecule has 0 saturated carbocycles. The molecule has 1 N–H and O–H groups in total. The first kappa shape index (κ1) is 13.3. The first-order valence-corrected chi connectivity index (χ1v) is 6.76. The third-order valence-electron chi connectivity index (χ3n) is 3.14. The third-order valence-corrected chi connectivity index (χ3v) is 3.44. The summed E-state index contributed by atoms with van der Waals surface area (Å²) in [6, 6.07) is 3.40. The van der Waals surface area contributed by atoms with Gasteiger partial charge in [-0.1, -0.05) is 11.6 Å². The fourth-order valence-electron chi connectivity index (χ4n) is 2.16. The molecule has 18 heavy (non-hydrogen) atoms. The fraction of sp³-hybridized carbons (Fsp3) is 0.538. The number of pyridine rings is 1. The first-order chi connectivity index (χ1) is 8.77. The van der Waals surface area contributed by atoms with E-state index in [1.54, 1.807) is 18.3 Å². The fourth-order valence-corrected chi connectivity index (χ4v) is 2.37. The predicted molar refractivity (Wildman–Crippen MR) is 71.9 cm³/mol. The minimum absolute atomic E-state index is 0.144. The van der Waals surface area contributed by atoms with Crippen molar-refractivity contribution in [3.05, 3.63) is 29.0 Å². The topological polar surface area (TPSA) is 45.2 Å². The Labute approximate surface area is 112 Å². The van der Waals surface area contributed by atoms with Crippen LogP contribution in [0.2, 0.25) is 5.15 Å². The van der Waals surface area contributed by atoms with Crippen LogP contribution < -0.4 is 5.32 Å². The number of rotatable bonds is 5. The highest BCUT2D eigenvalue weighted by Gasteiger charge is 2.12. The minimum Gasteiger partial charge on any atom is -0.352 e. The molecule has 5 heteroatoms. The number of aromatic nitrogens is 1. The first-order valence-electron chi connectivity index (χ1n) is 6.38. The van der Waals surface area contributed by atoms with E-state index < -0.39 is 0 Å². The molecular weight excluding hydrogens is 250 g/mol. The lowest BCUT2D eigenvalue weighted by Crippen LogP contribution is -2.28. The molecule has 0 spiro atoms. The molecule has 1 amide bonds. The predicted octanol–water partition coefficient (Wildman–Crippen LogP) is 1.95. The van der Waals surface area contributed by atoms with E-state index in [2.05, 4.69) is 15.2 Å². The van der Waals surface area contributed by atoms with Gasteiger partial charge in [-0.3, -0.25) is 4.79 Å². The molecule has 1 saturated heterocycles. The highest BCUT2D eigenvalue weighted by Crippen LogP contribution is 2.11. The van der Waals surface area contributed by atoms with Gasteiger partial charge in [0.25, 0.3) is 5.91 Å². The highest BCUT2D eigenvalue weighted by atomic mass is 35.5. The largest absolute Gasteiger partial charge is 0.352 e. The Bertz CT molecular complexity index is 405. The van der Waals surface area contributed by atoms with E-state index in [-0.39, 0.29) is 11.1 Å². The number of amides is 1. The van der Waals surface area contributed by atoms with Gasteiger partial charge in [0.15, 0.2) is 0 Å². The van der Waals surface area contributed by atoms with E-state index in [1.165, 1.54) is 25.9 Å². The van der Waals surface area contributed by atoms with Crippen LogP contribution in [0.25, 0.3) is 0 Å². The molecule has 1 aliphatic heterocycles. The molecule has 0 atom stereocenters. The molecule has 1 aromatic heterocycles. The Kier molecular flexibility index (Phi) is 4.96. The maximum absolute atomic E-state index is 11.8. The molecule has 0 unspecified atom stereocenters. The van der Waals surface area contributed by atoms with Gasteiger partial charge in [0.2, 0.25) is 0 Å². The molecule has 0 aliphatic carbocycles. The van der Waals surface area contributed by atoms with Gasteiger partial charge in [-0.15, -0.1) is 0 Å². The van der Waals surface area contributed by atoms with Crippen LogP contribution in [0.1, 0.15) is 29.6 Å². The molecule has 0 aromatic carbocycles. The minimum atomic E-state index is -0.144. The van der Waals surface area contributed by atoms with E-state index in [9.17, 15) is 4.79 Å².